The minimum absolute atomic E-state index is 0.129. The van der Waals surface area contributed by atoms with E-state index in [9.17, 15) is 9.59 Å². The minimum Gasteiger partial charge on any atom is -0.478 e. The van der Waals surface area contributed by atoms with Gasteiger partial charge in [-0.3, -0.25) is 4.79 Å². The molecule has 1 aromatic heterocycles. The van der Waals surface area contributed by atoms with Gasteiger partial charge in [0.05, 0.1) is 17.7 Å². The number of carbonyl (C=O) groups excluding carboxylic acids is 1. The van der Waals surface area contributed by atoms with Crippen LogP contribution in [-0.2, 0) is 11.2 Å². The number of amides is 1. The molecule has 1 aromatic carbocycles. The Hall–Kier alpha value is -2.14. The molecule has 0 bridgehead atoms. The molecular weight excluding hydrogens is 262 g/mol. The molecule has 5 heteroatoms. The second-order valence-electron chi connectivity index (χ2n) is 4.03. The second-order valence-corrected chi connectivity index (χ2v) is 5.06. The van der Waals surface area contributed by atoms with Crippen molar-refractivity contribution in [2.75, 3.05) is 11.9 Å². The third kappa shape index (κ3) is 3.00. The molecule has 0 aliphatic heterocycles. The van der Waals surface area contributed by atoms with Crippen LogP contribution in [-0.4, -0.2) is 24.0 Å². The first kappa shape index (κ1) is 13.3. The maximum absolute atomic E-state index is 12.1. The van der Waals surface area contributed by atoms with E-state index in [0.29, 0.717) is 5.69 Å². The summed E-state index contributed by atoms with van der Waals surface area (Å²) in [6.45, 7) is 0. The number of thiophene rings is 1. The predicted molar refractivity (Wildman–Crippen MR) is 74.8 cm³/mol. The Kier molecular flexibility index (Phi) is 3.97. The molecule has 0 fully saturated rings. The Morgan fingerprint density at radius 3 is 2.58 bits per heavy atom. The molecule has 0 atom stereocenters. The van der Waals surface area contributed by atoms with E-state index < -0.39 is 5.97 Å². The molecule has 1 N–H and O–H groups in total. The molecule has 98 valence electrons. The van der Waals surface area contributed by atoms with Gasteiger partial charge in [-0.05, 0) is 23.6 Å². The van der Waals surface area contributed by atoms with Gasteiger partial charge in [-0.2, -0.15) is 0 Å². The summed E-state index contributed by atoms with van der Waals surface area (Å²) < 4.78 is 0. The van der Waals surface area contributed by atoms with Crippen LogP contribution in [0.4, 0.5) is 5.69 Å². The van der Waals surface area contributed by atoms with Crippen molar-refractivity contribution < 1.29 is 14.7 Å². The molecule has 0 spiro atoms. The van der Waals surface area contributed by atoms with Crippen LogP contribution in [0.15, 0.2) is 41.8 Å². The third-order valence-electron chi connectivity index (χ3n) is 2.78. The second kappa shape index (κ2) is 5.67. The fraction of sp³-hybridized carbons (Fsp3) is 0.143. The molecule has 0 saturated carbocycles. The molecule has 1 heterocycles. The third-order valence-corrected chi connectivity index (χ3v) is 3.65. The number of likely N-dealkylation sites (N-methyl/N-ethyl adjacent to an activating group) is 1. The monoisotopic (exact) mass is 275 g/mol. The van der Waals surface area contributed by atoms with E-state index >= 15 is 0 Å². The first-order valence-electron chi connectivity index (χ1n) is 5.71. The predicted octanol–water partition coefficient (Wildman–Crippen LogP) is 2.65. The lowest BCUT2D eigenvalue weighted by atomic mass is 10.1. The number of nitrogens with zero attached hydrogens (tertiary/aromatic N) is 1. The number of carbonyl (C=O) groups is 2. The van der Waals surface area contributed by atoms with Gasteiger partial charge in [0.1, 0.15) is 0 Å². The standard InChI is InChI=1S/C14H13NO3S/c1-15(13(16)9-10-5-4-8-19-10)12-7-3-2-6-11(12)14(17)18/h2-8H,9H2,1H3,(H,17,18). The topological polar surface area (TPSA) is 57.6 Å². The summed E-state index contributed by atoms with van der Waals surface area (Å²) in [6, 6.07) is 10.3. The fourth-order valence-corrected chi connectivity index (χ4v) is 2.46. The quantitative estimate of drug-likeness (QED) is 0.933. The molecule has 0 aliphatic rings. The minimum atomic E-state index is -1.04. The Bertz CT molecular complexity index is 592. The van der Waals surface area contributed by atoms with E-state index in [1.165, 1.54) is 22.3 Å². The number of anilines is 1. The Balaban J connectivity index is 2.22. The van der Waals surface area contributed by atoms with E-state index in [4.69, 9.17) is 5.11 Å². The van der Waals surface area contributed by atoms with Gasteiger partial charge >= 0.3 is 5.97 Å². The van der Waals surface area contributed by atoms with Gasteiger partial charge in [0.25, 0.3) is 0 Å². The summed E-state index contributed by atoms with van der Waals surface area (Å²) in [5.41, 5.74) is 0.543. The van der Waals surface area contributed by atoms with Crippen LogP contribution in [0.5, 0.6) is 0 Å². The van der Waals surface area contributed by atoms with Crippen molar-refractivity contribution in [1.82, 2.24) is 0 Å². The lowest BCUT2D eigenvalue weighted by Crippen LogP contribution is -2.29. The highest BCUT2D eigenvalue weighted by Gasteiger charge is 2.18. The van der Waals surface area contributed by atoms with Crippen molar-refractivity contribution >= 4 is 28.9 Å². The molecule has 2 rings (SSSR count). The van der Waals surface area contributed by atoms with Crippen molar-refractivity contribution in [2.45, 2.75) is 6.42 Å². The SMILES string of the molecule is CN(C(=O)Cc1cccs1)c1ccccc1C(=O)O. The summed E-state index contributed by atoms with van der Waals surface area (Å²) in [6.07, 6.45) is 0.280. The molecule has 0 unspecified atom stereocenters. The molecule has 4 nitrogen and oxygen atoms in total. The fourth-order valence-electron chi connectivity index (χ4n) is 1.76. The summed E-state index contributed by atoms with van der Waals surface area (Å²) in [4.78, 5) is 25.6. The Labute approximate surface area is 114 Å². The molecule has 0 saturated heterocycles. The first-order chi connectivity index (χ1) is 9.09. The van der Waals surface area contributed by atoms with Crippen LogP contribution < -0.4 is 4.90 Å². The average molecular weight is 275 g/mol. The molecule has 1 amide bonds. The largest absolute Gasteiger partial charge is 0.478 e. The average Bonchev–Trinajstić information content (AvgIpc) is 2.90. The number of hydrogen-bond donors (Lipinski definition) is 1. The van der Waals surface area contributed by atoms with Crippen LogP contribution >= 0.6 is 11.3 Å². The van der Waals surface area contributed by atoms with Crippen LogP contribution in [0.2, 0.25) is 0 Å². The zero-order chi connectivity index (χ0) is 13.8. The zero-order valence-corrected chi connectivity index (χ0v) is 11.2. The maximum Gasteiger partial charge on any atom is 0.337 e. The molecule has 19 heavy (non-hydrogen) atoms. The van der Waals surface area contributed by atoms with Gasteiger partial charge in [-0.25, -0.2) is 4.79 Å². The van der Waals surface area contributed by atoms with Crippen LogP contribution in [0.1, 0.15) is 15.2 Å². The number of aromatic carboxylic acids is 1. The number of rotatable bonds is 4. The Morgan fingerprint density at radius 2 is 1.95 bits per heavy atom. The highest BCUT2D eigenvalue weighted by molar-refractivity contribution is 7.10. The number of para-hydroxylation sites is 1. The van der Waals surface area contributed by atoms with E-state index in [2.05, 4.69) is 0 Å². The number of carboxylic acid groups (broad SMARTS) is 1. The van der Waals surface area contributed by atoms with E-state index in [0.717, 1.165) is 4.88 Å². The van der Waals surface area contributed by atoms with Gasteiger partial charge in [-0.1, -0.05) is 18.2 Å². The van der Waals surface area contributed by atoms with Crippen LogP contribution in [0.25, 0.3) is 0 Å². The van der Waals surface area contributed by atoms with Gasteiger partial charge in [0, 0.05) is 11.9 Å². The number of carboxylic acids is 1. The van der Waals surface area contributed by atoms with E-state index in [1.54, 1.807) is 25.2 Å². The van der Waals surface area contributed by atoms with Crippen LogP contribution in [0, 0.1) is 0 Å². The summed E-state index contributed by atoms with van der Waals surface area (Å²) in [5, 5.41) is 11.0. The molecule has 2 aromatic rings. The van der Waals surface area contributed by atoms with Crippen molar-refractivity contribution in [3.63, 3.8) is 0 Å². The van der Waals surface area contributed by atoms with Crippen molar-refractivity contribution in [1.29, 1.82) is 0 Å². The summed E-state index contributed by atoms with van der Waals surface area (Å²) >= 11 is 1.51. The smallest absolute Gasteiger partial charge is 0.337 e. The summed E-state index contributed by atoms with van der Waals surface area (Å²) in [7, 11) is 1.59. The van der Waals surface area contributed by atoms with Crippen molar-refractivity contribution in [3.05, 3.63) is 52.2 Å². The van der Waals surface area contributed by atoms with Crippen LogP contribution in [0.3, 0.4) is 0 Å². The molecule has 0 aliphatic carbocycles. The van der Waals surface area contributed by atoms with Gasteiger partial charge < -0.3 is 10.0 Å². The summed E-state index contributed by atoms with van der Waals surface area (Å²) in [5.74, 6) is -1.16. The van der Waals surface area contributed by atoms with E-state index in [1.807, 2.05) is 17.5 Å². The van der Waals surface area contributed by atoms with E-state index in [-0.39, 0.29) is 17.9 Å². The number of benzene rings is 1. The van der Waals surface area contributed by atoms with Gasteiger partial charge in [-0.15, -0.1) is 11.3 Å². The Morgan fingerprint density at radius 1 is 1.21 bits per heavy atom. The lowest BCUT2D eigenvalue weighted by molar-refractivity contribution is -0.117. The maximum atomic E-state index is 12.1. The normalized spacial score (nSPS) is 10.2. The zero-order valence-electron chi connectivity index (χ0n) is 10.4. The first-order valence-corrected chi connectivity index (χ1v) is 6.59. The van der Waals surface area contributed by atoms with Crippen molar-refractivity contribution in [2.24, 2.45) is 0 Å². The lowest BCUT2D eigenvalue weighted by Gasteiger charge is -2.19. The van der Waals surface area contributed by atoms with Gasteiger partial charge in [0.2, 0.25) is 5.91 Å². The van der Waals surface area contributed by atoms with Crippen molar-refractivity contribution in [3.8, 4) is 0 Å². The highest BCUT2D eigenvalue weighted by atomic mass is 32.1. The molecular formula is C14H13NO3S. The van der Waals surface area contributed by atoms with Gasteiger partial charge in [0.15, 0.2) is 0 Å². The number of hydrogen-bond acceptors (Lipinski definition) is 3. The highest BCUT2D eigenvalue weighted by Crippen LogP contribution is 2.20. The molecule has 0 radical (unpaired) electrons.